The number of hydrogen-bond acceptors (Lipinski definition) is 0. The van der Waals surface area contributed by atoms with Gasteiger partial charge in [0.1, 0.15) is 0 Å². The quantitative estimate of drug-likeness (QED) is 0.655. The molecule has 0 aliphatic rings. The lowest BCUT2D eigenvalue weighted by molar-refractivity contribution is 1.24. The molecule has 0 bridgehead atoms. The Morgan fingerprint density at radius 2 is 1.80 bits per heavy atom. The van der Waals surface area contributed by atoms with Gasteiger partial charge < -0.3 is 0 Å². The molecule has 0 fully saturated rings. The van der Waals surface area contributed by atoms with Gasteiger partial charge in [0.25, 0.3) is 0 Å². The van der Waals surface area contributed by atoms with E-state index < -0.39 is 0 Å². The van der Waals surface area contributed by atoms with Crippen molar-refractivity contribution in [1.29, 1.82) is 0 Å². The molecule has 0 aliphatic heterocycles. The van der Waals surface area contributed by atoms with E-state index in [9.17, 15) is 0 Å². The highest BCUT2D eigenvalue weighted by molar-refractivity contribution is 5.93. The predicted octanol–water partition coefficient (Wildman–Crippen LogP) is 4.65. The maximum Gasteiger partial charge on any atom is -0.0109 e. The summed E-state index contributed by atoms with van der Waals surface area (Å²) in [5.41, 5.74) is 2.80. The monoisotopic (exact) mass is 196 g/mol. The molecule has 2 rings (SSSR count). The Hall–Kier alpha value is -1.56. The topological polar surface area (TPSA) is 0 Å². The Balaban J connectivity index is 2.71. The van der Waals surface area contributed by atoms with Crippen LogP contribution in [-0.4, -0.2) is 0 Å². The molecule has 0 saturated heterocycles. The number of fused-ring (bicyclic) bond motifs is 1. The van der Waals surface area contributed by atoms with Crippen molar-refractivity contribution in [3.63, 3.8) is 0 Å². The van der Waals surface area contributed by atoms with Crippen LogP contribution < -0.4 is 0 Å². The third-order valence-corrected chi connectivity index (χ3v) is 2.86. The van der Waals surface area contributed by atoms with Gasteiger partial charge in [-0.3, -0.25) is 0 Å². The van der Waals surface area contributed by atoms with E-state index in [2.05, 4.69) is 62.4 Å². The molecule has 2 aromatic carbocycles. The van der Waals surface area contributed by atoms with Crippen LogP contribution in [0, 0.1) is 0 Å². The highest BCUT2D eigenvalue weighted by Crippen LogP contribution is 2.26. The Morgan fingerprint density at radius 1 is 1.07 bits per heavy atom. The van der Waals surface area contributed by atoms with Crippen LogP contribution in [0.4, 0.5) is 0 Å². The lowest BCUT2D eigenvalue weighted by atomic mass is 9.97. The average Bonchev–Trinajstić information content (AvgIpc) is 2.31. The molecule has 0 aliphatic carbocycles. The van der Waals surface area contributed by atoms with Gasteiger partial charge in [-0.2, -0.15) is 0 Å². The van der Waals surface area contributed by atoms with E-state index in [4.69, 9.17) is 0 Å². The van der Waals surface area contributed by atoms with Crippen molar-refractivity contribution in [3.8, 4) is 0 Å². The second-order valence-corrected chi connectivity index (χ2v) is 3.69. The first-order chi connectivity index (χ1) is 7.36. The van der Waals surface area contributed by atoms with Gasteiger partial charge in [0.15, 0.2) is 0 Å². The van der Waals surface area contributed by atoms with Crippen LogP contribution in [0.1, 0.15) is 25.8 Å². The summed E-state index contributed by atoms with van der Waals surface area (Å²) < 4.78 is 0. The zero-order chi connectivity index (χ0) is 10.7. The van der Waals surface area contributed by atoms with Crippen LogP contribution in [0.3, 0.4) is 0 Å². The minimum Gasteiger partial charge on any atom is -0.0838 e. The van der Waals surface area contributed by atoms with Crippen molar-refractivity contribution in [2.24, 2.45) is 0 Å². The summed E-state index contributed by atoms with van der Waals surface area (Å²) in [4.78, 5) is 0. The molecule has 0 radical (unpaired) electrons. The number of rotatable bonds is 2. The third kappa shape index (κ3) is 1.80. The zero-order valence-corrected chi connectivity index (χ0v) is 9.33. The van der Waals surface area contributed by atoms with Gasteiger partial charge in [-0.1, -0.05) is 55.5 Å². The van der Waals surface area contributed by atoms with Crippen LogP contribution in [0.2, 0.25) is 0 Å². The Kier molecular flexibility index (Phi) is 2.86. The van der Waals surface area contributed by atoms with Crippen molar-refractivity contribution < 1.29 is 0 Å². The average molecular weight is 196 g/mol. The molecule has 76 valence electrons. The molecule has 15 heavy (non-hydrogen) atoms. The van der Waals surface area contributed by atoms with Gasteiger partial charge in [0, 0.05) is 0 Å². The smallest absolute Gasteiger partial charge is 0.0109 e. The Morgan fingerprint density at radius 3 is 2.53 bits per heavy atom. The van der Waals surface area contributed by atoms with E-state index in [0.29, 0.717) is 0 Å². The summed E-state index contributed by atoms with van der Waals surface area (Å²) in [6.45, 7) is 4.32. The number of hydrogen-bond donors (Lipinski definition) is 0. The minimum atomic E-state index is 1.09. The SMILES string of the molecule is C/C=C(/CC)c1cccc2ccccc12. The van der Waals surface area contributed by atoms with E-state index in [1.807, 2.05) is 0 Å². The third-order valence-electron chi connectivity index (χ3n) is 2.86. The summed E-state index contributed by atoms with van der Waals surface area (Å²) in [6, 6.07) is 15.1. The highest BCUT2D eigenvalue weighted by atomic mass is 14.1. The fourth-order valence-electron chi connectivity index (χ4n) is 2.06. The summed E-state index contributed by atoms with van der Waals surface area (Å²) in [6.07, 6.45) is 3.30. The molecule has 0 N–H and O–H groups in total. The molecule has 0 atom stereocenters. The van der Waals surface area contributed by atoms with E-state index in [0.717, 1.165) is 6.42 Å². The van der Waals surface area contributed by atoms with Crippen LogP contribution in [0.25, 0.3) is 16.3 Å². The summed E-state index contributed by atoms with van der Waals surface area (Å²) in [7, 11) is 0. The summed E-state index contributed by atoms with van der Waals surface area (Å²) in [5.74, 6) is 0. The predicted molar refractivity (Wildman–Crippen MR) is 67.9 cm³/mol. The van der Waals surface area contributed by atoms with Gasteiger partial charge in [0.05, 0.1) is 0 Å². The number of benzene rings is 2. The van der Waals surface area contributed by atoms with Crippen LogP contribution >= 0.6 is 0 Å². The molecule has 0 spiro atoms. The van der Waals surface area contributed by atoms with Crippen LogP contribution in [0.15, 0.2) is 48.5 Å². The molecule has 0 heterocycles. The van der Waals surface area contributed by atoms with Gasteiger partial charge in [-0.05, 0) is 35.3 Å². The molecular weight excluding hydrogens is 180 g/mol. The van der Waals surface area contributed by atoms with Crippen LogP contribution in [0.5, 0.6) is 0 Å². The van der Waals surface area contributed by atoms with Crippen molar-refractivity contribution in [1.82, 2.24) is 0 Å². The van der Waals surface area contributed by atoms with E-state index >= 15 is 0 Å². The van der Waals surface area contributed by atoms with E-state index in [-0.39, 0.29) is 0 Å². The van der Waals surface area contributed by atoms with Crippen molar-refractivity contribution in [3.05, 3.63) is 54.1 Å². The summed E-state index contributed by atoms with van der Waals surface area (Å²) >= 11 is 0. The fraction of sp³-hybridized carbons (Fsp3) is 0.200. The second-order valence-electron chi connectivity index (χ2n) is 3.69. The maximum absolute atomic E-state index is 2.21. The zero-order valence-electron chi connectivity index (χ0n) is 9.33. The van der Waals surface area contributed by atoms with Gasteiger partial charge >= 0.3 is 0 Å². The first kappa shape index (κ1) is 9.97. The largest absolute Gasteiger partial charge is 0.0838 e. The van der Waals surface area contributed by atoms with Gasteiger partial charge in [-0.15, -0.1) is 0 Å². The molecule has 0 amide bonds. The lowest BCUT2D eigenvalue weighted by Crippen LogP contribution is -1.84. The highest BCUT2D eigenvalue weighted by Gasteiger charge is 2.02. The summed E-state index contributed by atoms with van der Waals surface area (Å²) in [5, 5.41) is 2.68. The van der Waals surface area contributed by atoms with E-state index in [1.165, 1.54) is 21.9 Å². The molecule has 0 nitrogen and oxygen atoms in total. The molecular formula is C15H16. The first-order valence-corrected chi connectivity index (χ1v) is 5.50. The molecule has 0 saturated carbocycles. The van der Waals surface area contributed by atoms with Crippen molar-refractivity contribution in [2.45, 2.75) is 20.3 Å². The van der Waals surface area contributed by atoms with Gasteiger partial charge in [-0.25, -0.2) is 0 Å². The normalized spacial score (nSPS) is 12.0. The molecule has 0 heteroatoms. The van der Waals surface area contributed by atoms with E-state index in [1.54, 1.807) is 0 Å². The lowest BCUT2D eigenvalue weighted by Gasteiger charge is -2.08. The second kappa shape index (κ2) is 4.31. The fourth-order valence-corrected chi connectivity index (χ4v) is 2.06. The first-order valence-electron chi connectivity index (χ1n) is 5.50. The Bertz CT molecular complexity index is 487. The number of allylic oxidation sites excluding steroid dienone is 2. The Labute approximate surface area is 91.2 Å². The maximum atomic E-state index is 2.21. The minimum absolute atomic E-state index is 1.09. The van der Waals surface area contributed by atoms with Crippen LogP contribution in [-0.2, 0) is 0 Å². The molecule has 2 aromatic rings. The van der Waals surface area contributed by atoms with Gasteiger partial charge in [0.2, 0.25) is 0 Å². The molecule has 0 aromatic heterocycles. The molecule has 0 unspecified atom stereocenters. The standard InChI is InChI=1S/C15H16/c1-3-12(4-2)14-11-7-9-13-8-5-6-10-15(13)14/h3,5-11H,4H2,1-2H3/b12-3-. The van der Waals surface area contributed by atoms with Crippen molar-refractivity contribution in [2.75, 3.05) is 0 Å². The van der Waals surface area contributed by atoms with Crippen molar-refractivity contribution >= 4 is 16.3 Å².